The quantitative estimate of drug-likeness (QED) is 0.641. The van der Waals surface area contributed by atoms with Crippen LogP contribution in [-0.2, 0) is 0 Å². The Morgan fingerprint density at radius 1 is 1.00 bits per heavy atom. The van der Waals surface area contributed by atoms with Crippen molar-refractivity contribution in [1.29, 1.82) is 0 Å². The van der Waals surface area contributed by atoms with Crippen LogP contribution in [0.3, 0.4) is 0 Å². The third-order valence-electron chi connectivity index (χ3n) is 2.02. The molecule has 12 heavy (non-hydrogen) atoms. The maximum Gasteiger partial charge on any atom is 0.0582 e. The van der Waals surface area contributed by atoms with E-state index in [2.05, 4.69) is 26.1 Å². The molecule has 0 aliphatic rings. The molecule has 0 aliphatic carbocycles. The third-order valence-corrected chi connectivity index (χ3v) is 2.02. The lowest BCUT2D eigenvalue weighted by Crippen LogP contribution is -2.36. The topological polar surface area (TPSA) is 32.3 Å². The molecule has 2 nitrogen and oxygen atoms in total. The second kappa shape index (κ2) is 6.44. The highest BCUT2D eigenvalue weighted by Crippen LogP contribution is 2.06. The van der Waals surface area contributed by atoms with Gasteiger partial charge in [0.15, 0.2) is 0 Å². The summed E-state index contributed by atoms with van der Waals surface area (Å²) in [6.07, 6.45) is 2.45. The van der Waals surface area contributed by atoms with Gasteiger partial charge in [-0.15, -0.1) is 0 Å². The molecule has 74 valence electrons. The van der Waals surface area contributed by atoms with Crippen LogP contribution in [0.1, 0.15) is 40.5 Å². The van der Waals surface area contributed by atoms with Gasteiger partial charge in [-0.2, -0.15) is 0 Å². The Morgan fingerprint density at radius 3 is 2.00 bits per heavy atom. The number of aliphatic hydroxyl groups excluding tert-OH is 1. The van der Waals surface area contributed by atoms with Crippen molar-refractivity contribution in [2.24, 2.45) is 5.92 Å². The molecule has 0 spiro atoms. The Bertz CT molecular complexity index is 104. The zero-order valence-electron chi connectivity index (χ0n) is 8.80. The number of nitrogens with one attached hydrogen (secondary N) is 1. The molecule has 0 saturated carbocycles. The Labute approximate surface area is 76.4 Å². The molecule has 2 N–H and O–H groups in total. The summed E-state index contributed by atoms with van der Waals surface area (Å²) < 4.78 is 0. The van der Waals surface area contributed by atoms with E-state index >= 15 is 0 Å². The van der Waals surface area contributed by atoms with Gasteiger partial charge >= 0.3 is 0 Å². The van der Waals surface area contributed by atoms with Crippen LogP contribution >= 0.6 is 0 Å². The summed E-state index contributed by atoms with van der Waals surface area (Å²) in [4.78, 5) is 0. The van der Waals surface area contributed by atoms with Crippen LogP contribution < -0.4 is 5.32 Å². The third kappa shape index (κ3) is 6.62. The average Bonchev–Trinajstić information content (AvgIpc) is 2.00. The first kappa shape index (κ1) is 11.9. The van der Waals surface area contributed by atoms with E-state index in [0.29, 0.717) is 6.04 Å². The fourth-order valence-electron chi connectivity index (χ4n) is 1.21. The van der Waals surface area contributed by atoms with Crippen molar-refractivity contribution in [3.8, 4) is 0 Å². The van der Waals surface area contributed by atoms with E-state index in [1.807, 2.05) is 6.92 Å². The monoisotopic (exact) mass is 173 g/mol. The molecular weight excluding hydrogens is 150 g/mol. The van der Waals surface area contributed by atoms with Crippen LogP contribution in [0, 0.1) is 5.92 Å². The minimum atomic E-state index is 0.228. The molecule has 0 saturated heterocycles. The van der Waals surface area contributed by atoms with Gasteiger partial charge < -0.3 is 10.4 Å². The molecule has 0 radical (unpaired) electrons. The summed E-state index contributed by atoms with van der Waals surface area (Å²) in [6.45, 7) is 8.89. The standard InChI is InChI=1S/C10H23NO/c1-8(2)5-6-9(3)11-10(4)7-12/h8-12H,5-7H2,1-4H3/t9?,10-/m1/s1. The Hall–Kier alpha value is -0.0800. The van der Waals surface area contributed by atoms with E-state index in [1.165, 1.54) is 12.8 Å². The molecule has 0 rings (SSSR count). The van der Waals surface area contributed by atoms with Crippen LogP contribution in [0.5, 0.6) is 0 Å². The van der Waals surface area contributed by atoms with Gasteiger partial charge in [0.1, 0.15) is 0 Å². The van der Waals surface area contributed by atoms with Gasteiger partial charge in [-0.3, -0.25) is 0 Å². The summed E-state index contributed by atoms with van der Waals surface area (Å²) >= 11 is 0. The largest absolute Gasteiger partial charge is 0.395 e. The molecule has 0 fully saturated rings. The summed E-state index contributed by atoms with van der Waals surface area (Å²) in [5.41, 5.74) is 0. The highest BCUT2D eigenvalue weighted by atomic mass is 16.3. The number of hydrogen-bond donors (Lipinski definition) is 2. The van der Waals surface area contributed by atoms with E-state index < -0.39 is 0 Å². The molecule has 0 aliphatic heterocycles. The summed E-state index contributed by atoms with van der Waals surface area (Å²) in [7, 11) is 0. The zero-order valence-corrected chi connectivity index (χ0v) is 8.80. The van der Waals surface area contributed by atoms with Crippen LogP contribution in [-0.4, -0.2) is 23.8 Å². The van der Waals surface area contributed by atoms with Gasteiger partial charge in [-0.25, -0.2) is 0 Å². The zero-order chi connectivity index (χ0) is 9.56. The maximum absolute atomic E-state index is 8.80. The molecule has 0 aromatic rings. The van der Waals surface area contributed by atoms with Gasteiger partial charge in [-0.1, -0.05) is 13.8 Å². The molecule has 0 bridgehead atoms. The van der Waals surface area contributed by atoms with Crippen molar-refractivity contribution in [2.45, 2.75) is 52.6 Å². The van der Waals surface area contributed by atoms with E-state index in [1.54, 1.807) is 0 Å². The van der Waals surface area contributed by atoms with E-state index in [9.17, 15) is 0 Å². The number of hydrogen-bond acceptors (Lipinski definition) is 2. The molecule has 0 aromatic carbocycles. The summed E-state index contributed by atoms with van der Waals surface area (Å²) in [6, 6.07) is 0.752. The van der Waals surface area contributed by atoms with Crippen molar-refractivity contribution in [1.82, 2.24) is 5.32 Å². The smallest absolute Gasteiger partial charge is 0.0582 e. The van der Waals surface area contributed by atoms with Crippen LogP contribution in [0.15, 0.2) is 0 Å². The van der Waals surface area contributed by atoms with Gasteiger partial charge in [0, 0.05) is 12.1 Å². The average molecular weight is 173 g/mol. The summed E-state index contributed by atoms with van der Waals surface area (Å²) in [5.74, 6) is 0.777. The van der Waals surface area contributed by atoms with E-state index in [4.69, 9.17) is 5.11 Å². The predicted octanol–water partition coefficient (Wildman–Crippen LogP) is 1.78. The Balaban J connectivity index is 3.39. The first-order valence-corrected chi connectivity index (χ1v) is 4.93. The molecule has 1 unspecified atom stereocenters. The van der Waals surface area contributed by atoms with E-state index in [-0.39, 0.29) is 12.6 Å². The molecule has 2 heteroatoms. The predicted molar refractivity (Wildman–Crippen MR) is 53.2 cm³/mol. The minimum absolute atomic E-state index is 0.228. The van der Waals surface area contributed by atoms with Crippen LogP contribution in [0.4, 0.5) is 0 Å². The lowest BCUT2D eigenvalue weighted by Gasteiger charge is -2.18. The normalized spacial score (nSPS) is 16.5. The first-order valence-electron chi connectivity index (χ1n) is 4.93. The second-order valence-electron chi connectivity index (χ2n) is 4.12. The Kier molecular flexibility index (Phi) is 6.39. The number of aliphatic hydroxyl groups is 1. The van der Waals surface area contributed by atoms with Gasteiger partial charge in [-0.05, 0) is 32.6 Å². The number of rotatable bonds is 6. The molecule has 0 amide bonds. The highest BCUT2D eigenvalue weighted by Gasteiger charge is 2.06. The van der Waals surface area contributed by atoms with Crippen molar-refractivity contribution in [3.63, 3.8) is 0 Å². The fourth-order valence-corrected chi connectivity index (χ4v) is 1.21. The van der Waals surface area contributed by atoms with Crippen molar-refractivity contribution in [2.75, 3.05) is 6.61 Å². The Morgan fingerprint density at radius 2 is 1.58 bits per heavy atom. The highest BCUT2D eigenvalue weighted by molar-refractivity contribution is 4.66. The maximum atomic E-state index is 8.80. The SMILES string of the molecule is CC(C)CCC(C)N[C@H](C)CO. The molecule has 0 aromatic heterocycles. The fraction of sp³-hybridized carbons (Fsp3) is 1.00. The lowest BCUT2D eigenvalue weighted by atomic mass is 10.0. The molecular formula is C10H23NO. The molecule has 2 atom stereocenters. The van der Waals surface area contributed by atoms with Gasteiger partial charge in [0.25, 0.3) is 0 Å². The van der Waals surface area contributed by atoms with E-state index in [0.717, 1.165) is 5.92 Å². The summed E-state index contributed by atoms with van der Waals surface area (Å²) in [5, 5.41) is 12.1. The van der Waals surface area contributed by atoms with Crippen molar-refractivity contribution >= 4 is 0 Å². The van der Waals surface area contributed by atoms with Crippen molar-refractivity contribution in [3.05, 3.63) is 0 Å². The molecule has 0 heterocycles. The van der Waals surface area contributed by atoms with Crippen LogP contribution in [0.2, 0.25) is 0 Å². The second-order valence-corrected chi connectivity index (χ2v) is 4.12. The first-order chi connectivity index (χ1) is 5.56. The lowest BCUT2D eigenvalue weighted by molar-refractivity contribution is 0.239. The van der Waals surface area contributed by atoms with Crippen molar-refractivity contribution < 1.29 is 5.11 Å². The van der Waals surface area contributed by atoms with Crippen LogP contribution in [0.25, 0.3) is 0 Å². The van der Waals surface area contributed by atoms with Gasteiger partial charge in [0.05, 0.1) is 6.61 Å². The van der Waals surface area contributed by atoms with Gasteiger partial charge in [0.2, 0.25) is 0 Å². The minimum Gasteiger partial charge on any atom is -0.395 e.